The second kappa shape index (κ2) is 12.3. The van der Waals surface area contributed by atoms with E-state index in [9.17, 15) is 35.4 Å². The van der Waals surface area contributed by atoms with E-state index in [-0.39, 0.29) is 23.9 Å². The number of allylic oxidation sites excluding steroid dienone is 3. The molecular formula is C33H42O10. The molecule has 2 aliphatic carbocycles. The summed E-state index contributed by atoms with van der Waals surface area (Å²) in [6.07, 6.45) is 2.78. The molecule has 10 atom stereocenters. The molecular weight excluding hydrogens is 556 g/mol. The van der Waals surface area contributed by atoms with Crippen molar-refractivity contribution in [1.82, 2.24) is 0 Å². The Balaban J connectivity index is 1.28. The summed E-state index contributed by atoms with van der Waals surface area (Å²) in [5.41, 5.74) is 1.42. The first-order valence-corrected chi connectivity index (χ1v) is 14.8. The average Bonchev–Trinajstić information content (AvgIpc) is 3.34. The number of hydrogen-bond acceptors (Lipinski definition) is 10. The zero-order valence-corrected chi connectivity index (χ0v) is 24.5. The van der Waals surface area contributed by atoms with Crippen LogP contribution in [0.15, 0.2) is 66.0 Å². The fourth-order valence-corrected chi connectivity index (χ4v) is 7.39. The molecule has 0 aromatic heterocycles. The largest absolute Gasteiger partial charge is 0.462 e. The Labute approximate surface area is 251 Å². The van der Waals surface area contributed by atoms with Crippen molar-refractivity contribution in [2.45, 2.75) is 76.3 Å². The molecule has 1 saturated heterocycles. The zero-order valence-electron chi connectivity index (χ0n) is 24.5. The molecule has 0 spiro atoms. The lowest BCUT2D eigenvalue weighted by atomic mass is 9.46. The van der Waals surface area contributed by atoms with Gasteiger partial charge in [0.05, 0.1) is 24.9 Å². The Morgan fingerprint density at radius 1 is 1.05 bits per heavy atom. The predicted octanol–water partition coefficient (Wildman–Crippen LogP) is 1.99. The van der Waals surface area contributed by atoms with E-state index in [1.165, 1.54) is 0 Å². The summed E-state index contributed by atoms with van der Waals surface area (Å²) < 4.78 is 16.5. The molecule has 1 aromatic carbocycles. The van der Waals surface area contributed by atoms with E-state index in [0.717, 1.165) is 24.8 Å². The Morgan fingerprint density at radius 3 is 2.44 bits per heavy atom. The third-order valence-electron chi connectivity index (χ3n) is 10.1. The number of rotatable bonds is 7. The smallest absolute Gasteiger partial charge is 0.343 e. The minimum absolute atomic E-state index is 0.0115. The van der Waals surface area contributed by atoms with Crippen molar-refractivity contribution in [3.05, 3.63) is 71.5 Å². The molecule has 0 amide bonds. The quantitative estimate of drug-likeness (QED) is 0.202. The summed E-state index contributed by atoms with van der Waals surface area (Å²) in [5, 5.41) is 60.4. The molecule has 2 saturated carbocycles. The van der Waals surface area contributed by atoms with Crippen molar-refractivity contribution in [2.24, 2.45) is 22.7 Å². The van der Waals surface area contributed by atoms with Gasteiger partial charge < -0.3 is 44.8 Å². The van der Waals surface area contributed by atoms with E-state index in [4.69, 9.17) is 14.2 Å². The van der Waals surface area contributed by atoms with Gasteiger partial charge in [0.15, 0.2) is 0 Å². The molecule has 5 rings (SSSR count). The van der Waals surface area contributed by atoms with Gasteiger partial charge in [0.1, 0.15) is 35.9 Å². The molecule has 1 aromatic rings. The number of cyclic esters (lactones) is 1. The van der Waals surface area contributed by atoms with E-state index >= 15 is 0 Å². The van der Waals surface area contributed by atoms with Gasteiger partial charge in [-0.3, -0.25) is 0 Å². The van der Waals surface area contributed by atoms with Crippen LogP contribution >= 0.6 is 0 Å². The maximum atomic E-state index is 12.7. The number of benzene rings is 1. The van der Waals surface area contributed by atoms with E-state index in [2.05, 4.69) is 13.5 Å². The lowest BCUT2D eigenvalue weighted by molar-refractivity contribution is -0.277. The number of fused-ring (bicyclic) bond motifs is 1. The maximum absolute atomic E-state index is 12.7. The van der Waals surface area contributed by atoms with Crippen LogP contribution in [0, 0.1) is 22.7 Å². The van der Waals surface area contributed by atoms with Gasteiger partial charge in [-0.25, -0.2) is 4.79 Å². The lowest BCUT2D eigenvalue weighted by Crippen LogP contribution is -2.60. The van der Waals surface area contributed by atoms with Gasteiger partial charge in [0, 0.05) is 11.3 Å². The van der Waals surface area contributed by atoms with Gasteiger partial charge >= 0.3 is 5.97 Å². The summed E-state index contributed by atoms with van der Waals surface area (Å²) in [7, 11) is 0. The highest BCUT2D eigenvalue weighted by Gasteiger charge is 2.57. The molecule has 0 bridgehead atoms. The highest BCUT2D eigenvalue weighted by molar-refractivity contribution is 5.96. The first-order valence-electron chi connectivity index (χ1n) is 14.8. The third-order valence-corrected chi connectivity index (χ3v) is 10.1. The number of aliphatic hydroxyl groups is 6. The third kappa shape index (κ3) is 5.85. The second-order valence-electron chi connectivity index (χ2n) is 12.7. The van der Waals surface area contributed by atoms with Crippen molar-refractivity contribution in [1.29, 1.82) is 0 Å². The van der Waals surface area contributed by atoms with Gasteiger partial charge in [0.2, 0.25) is 6.29 Å². The highest BCUT2D eigenvalue weighted by Crippen LogP contribution is 2.61. The van der Waals surface area contributed by atoms with Gasteiger partial charge in [-0.2, -0.15) is 0 Å². The number of ether oxygens (including phenoxy) is 3. The summed E-state index contributed by atoms with van der Waals surface area (Å²) in [5.74, 6) is 0.324. The average molecular weight is 599 g/mol. The Bertz CT molecular complexity index is 1300. The Morgan fingerprint density at radius 2 is 1.77 bits per heavy atom. The number of carbonyl (C=O) groups excluding carboxylic acids is 1. The van der Waals surface area contributed by atoms with Gasteiger partial charge in [0.25, 0.3) is 0 Å². The molecule has 4 aliphatic rings. The zero-order chi connectivity index (χ0) is 31.1. The van der Waals surface area contributed by atoms with Crippen LogP contribution in [-0.4, -0.2) is 86.6 Å². The number of aliphatic hydroxyl groups excluding tert-OH is 6. The summed E-state index contributed by atoms with van der Waals surface area (Å²) in [4.78, 5) is 12.7. The van der Waals surface area contributed by atoms with E-state index < -0.39 is 54.8 Å². The minimum Gasteiger partial charge on any atom is -0.462 e. The molecule has 3 fully saturated rings. The Hall–Kier alpha value is -2.83. The van der Waals surface area contributed by atoms with E-state index in [1.807, 2.05) is 13.0 Å². The second-order valence-corrected chi connectivity index (χ2v) is 12.7. The fourth-order valence-electron chi connectivity index (χ4n) is 7.39. The van der Waals surface area contributed by atoms with Gasteiger partial charge in [-0.05, 0) is 66.9 Å². The van der Waals surface area contributed by atoms with E-state index in [0.29, 0.717) is 29.1 Å². The summed E-state index contributed by atoms with van der Waals surface area (Å²) >= 11 is 0. The van der Waals surface area contributed by atoms with Crippen molar-refractivity contribution < 1.29 is 49.6 Å². The number of esters is 1. The summed E-state index contributed by atoms with van der Waals surface area (Å²) in [6, 6.07) is 6.65. The van der Waals surface area contributed by atoms with Crippen molar-refractivity contribution >= 4 is 12.0 Å². The van der Waals surface area contributed by atoms with Gasteiger partial charge in [-0.1, -0.05) is 50.3 Å². The molecule has 6 N–H and O–H groups in total. The van der Waals surface area contributed by atoms with Crippen molar-refractivity contribution in [3.8, 4) is 5.75 Å². The highest BCUT2D eigenvalue weighted by atomic mass is 16.7. The normalized spacial score (nSPS) is 40.8. The minimum atomic E-state index is -1.54. The molecule has 10 unspecified atom stereocenters. The molecule has 234 valence electrons. The van der Waals surface area contributed by atoms with E-state index in [1.54, 1.807) is 42.5 Å². The topological polar surface area (TPSA) is 166 Å². The first-order chi connectivity index (χ1) is 20.4. The standard InChI is InChI=1S/C33H42O10/c1-18-4-11-25-32(2,13-12-26(36)33(25,3)17-35)23(18)10-7-20-15-22(41-30(20)40)14-19-5-8-21(9-6-19)42-31-29(39)28(38)27(37)24(16-34)43-31/h5-10,14-15,23-29,31,34-39H,1,4,11-13,16-17H2,2-3H3. The Kier molecular flexibility index (Phi) is 9.02. The molecule has 10 heteroatoms. The first kappa shape index (κ1) is 31.6. The van der Waals surface area contributed by atoms with Crippen LogP contribution < -0.4 is 4.74 Å². The maximum Gasteiger partial charge on any atom is 0.343 e. The lowest BCUT2D eigenvalue weighted by Gasteiger charge is -2.59. The molecule has 2 heterocycles. The van der Waals surface area contributed by atoms with Crippen LogP contribution in [0.5, 0.6) is 5.75 Å². The molecule has 2 aliphatic heterocycles. The summed E-state index contributed by atoms with van der Waals surface area (Å²) in [6.45, 7) is 7.87. The van der Waals surface area contributed by atoms with Crippen LogP contribution in [0.25, 0.3) is 6.08 Å². The van der Waals surface area contributed by atoms with Crippen LogP contribution in [0.1, 0.15) is 45.1 Å². The number of hydrogen-bond donors (Lipinski definition) is 6. The number of carbonyl (C=O) groups is 1. The fraction of sp³-hybridized carbons (Fsp3) is 0.545. The molecule has 0 radical (unpaired) electrons. The van der Waals surface area contributed by atoms with Gasteiger partial charge in [-0.15, -0.1) is 0 Å². The van der Waals surface area contributed by atoms with Crippen LogP contribution in [-0.2, 0) is 14.3 Å². The molecule has 43 heavy (non-hydrogen) atoms. The predicted molar refractivity (Wildman–Crippen MR) is 156 cm³/mol. The SMILES string of the molecule is C=C1CCC2C(C)(CO)C(O)CCC2(C)C1C=CC1=CC(=Cc2ccc(OC3OC(CO)C(O)C(O)C3O)cc2)OC1=O. The monoisotopic (exact) mass is 598 g/mol. The van der Waals surface area contributed by atoms with Crippen molar-refractivity contribution in [2.75, 3.05) is 13.2 Å². The molecule has 10 nitrogen and oxygen atoms in total. The van der Waals surface area contributed by atoms with Crippen molar-refractivity contribution in [3.63, 3.8) is 0 Å². The van der Waals surface area contributed by atoms with Crippen LogP contribution in [0.2, 0.25) is 0 Å². The van der Waals surface area contributed by atoms with Crippen LogP contribution in [0.4, 0.5) is 0 Å². The van der Waals surface area contributed by atoms with Crippen LogP contribution in [0.3, 0.4) is 0 Å².